The Morgan fingerprint density at radius 2 is 2.40 bits per heavy atom. The minimum atomic E-state index is -0.498. The van der Waals surface area contributed by atoms with Crippen LogP contribution in [0.5, 0.6) is 0 Å². The topological polar surface area (TPSA) is 35.5 Å². The highest BCUT2D eigenvalue weighted by atomic mass is 16.6. The molecule has 0 bridgehead atoms. The van der Waals surface area contributed by atoms with Crippen LogP contribution in [0.15, 0.2) is 12.8 Å². The van der Waals surface area contributed by atoms with Crippen molar-refractivity contribution in [1.29, 1.82) is 0 Å². The molecule has 0 radical (unpaired) electrons. The first kappa shape index (κ1) is 9.01. The first-order valence-corrected chi connectivity index (χ1v) is 3.10. The summed E-state index contributed by atoms with van der Waals surface area (Å²) in [5.41, 5.74) is 0. The number of ether oxygens (including phenoxy) is 2. The van der Waals surface area contributed by atoms with Gasteiger partial charge in [0.15, 0.2) is 6.10 Å². The van der Waals surface area contributed by atoms with E-state index in [4.69, 9.17) is 4.74 Å². The molecule has 0 heterocycles. The highest BCUT2D eigenvalue weighted by molar-refractivity contribution is 5.74. The predicted octanol–water partition coefficient (Wildman–Crippen LogP) is 1.10. The molecule has 3 nitrogen and oxygen atoms in total. The summed E-state index contributed by atoms with van der Waals surface area (Å²) < 4.78 is 9.28. The van der Waals surface area contributed by atoms with E-state index in [2.05, 4.69) is 11.3 Å². The smallest absolute Gasteiger partial charge is 0.346 e. The van der Waals surface area contributed by atoms with E-state index in [1.807, 2.05) is 6.92 Å². The van der Waals surface area contributed by atoms with Crippen molar-refractivity contribution in [3.8, 4) is 0 Å². The van der Waals surface area contributed by atoms with Crippen LogP contribution < -0.4 is 0 Å². The summed E-state index contributed by atoms with van der Waals surface area (Å²) in [5.74, 6) is -0.359. The minimum Gasteiger partial charge on any atom is -0.487 e. The summed E-state index contributed by atoms with van der Waals surface area (Å²) in [6, 6.07) is 0. The summed E-state index contributed by atoms with van der Waals surface area (Å²) in [4.78, 5) is 10.7. The van der Waals surface area contributed by atoms with Gasteiger partial charge in [-0.25, -0.2) is 4.79 Å². The van der Waals surface area contributed by atoms with Gasteiger partial charge in [0.25, 0.3) is 0 Å². The average Bonchev–Trinajstić information content (AvgIpc) is 1.99. The van der Waals surface area contributed by atoms with Gasteiger partial charge in [0, 0.05) is 0 Å². The van der Waals surface area contributed by atoms with Crippen LogP contribution in [0, 0.1) is 0 Å². The molecule has 0 N–H and O–H groups in total. The van der Waals surface area contributed by atoms with Gasteiger partial charge in [0.2, 0.25) is 0 Å². The standard InChI is InChI=1S/C7H12O3/c1-4-6(10-5-2)7(8)9-3/h5-6H,2,4H2,1,3H3. The van der Waals surface area contributed by atoms with Gasteiger partial charge >= 0.3 is 5.97 Å². The van der Waals surface area contributed by atoms with Crippen molar-refractivity contribution in [2.75, 3.05) is 7.11 Å². The van der Waals surface area contributed by atoms with Crippen LogP contribution in [0.25, 0.3) is 0 Å². The van der Waals surface area contributed by atoms with Gasteiger partial charge < -0.3 is 9.47 Å². The second-order valence-electron chi connectivity index (χ2n) is 1.72. The van der Waals surface area contributed by atoms with Gasteiger partial charge in [-0.1, -0.05) is 13.5 Å². The van der Waals surface area contributed by atoms with E-state index in [1.165, 1.54) is 13.4 Å². The molecule has 0 aromatic heterocycles. The summed E-state index contributed by atoms with van der Waals surface area (Å²) in [6.07, 6.45) is 1.34. The van der Waals surface area contributed by atoms with Crippen LogP contribution in [0.3, 0.4) is 0 Å². The Kier molecular flexibility index (Phi) is 4.37. The molecule has 0 rings (SSSR count). The molecule has 0 aromatic carbocycles. The molecule has 1 atom stereocenters. The molecule has 0 saturated heterocycles. The van der Waals surface area contributed by atoms with Gasteiger partial charge in [0.05, 0.1) is 13.4 Å². The lowest BCUT2D eigenvalue weighted by Crippen LogP contribution is -2.22. The molecular formula is C7H12O3. The van der Waals surface area contributed by atoms with Gasteiger partial charge in [-0.15, -0.1) is 0 Å². The molecule has 0 fully saturated rings. The van der Waals surface area contributed by atoms with Crippen molar-refractivity contribution in [1.82, 2.24) is 0 Å². The van der Waals surface area contributed by atoms with Crippen molar-refractivity contribution >= 4 is 5.97 Å². The second kappa shape index (κ2) is 4.85. The lowest BCUT2D eigenvalue weighted by atomic mass is 10.3. The molecular weight excluding hydrogens is 132 g/mol. The van der Waals surface area contributed by atoms with E-state index >= 15 is 0 Å². The van der Waals surface area contributed by atoms with Crippen LogP contribution in [-0.2, 0) is 14.3 Å². The minimum absolute atomic E-state index is 0.359. The normalized spacial score (nSPS) is 11.8. The van der Waals surface area contributed by atoms with Crippen molar-refractivity contribution in [2.24, 2.45) is 0 Å². The van der Waals surface area contributed by atoms with E-state index < -0.39 is 6.10 Å². The average molecular weight is 144 g/mol. The number of esters is 1. The molecule has 1 unspecified atom stereocenters. The maximum Gasteiger partial charge on any atom is 0.346 e. The fourth-order valence-electron chi connectivity index (χ4n) is 0.566. The number of hydrogen-bond acceptors (Lipinski definition) is 3. The molecule has 0 spiro atoms. The Morgan fingerprint density at radius 3 is 2.70 bits per heavy atom. The Balaban J connectivity index is 3.79. The van der Waals surface area contributed by atoms with Crippen molar-refractivity contribution in [3.05, 3.63) is 12.8 Å². The first-order chi connectivity index (χ1) is 4.76. The number of methoxy groups -OCH3 is 1. The van der Waals surface area contributed by atoms with Crippen LogP contribution in [0.4, 0.5) is 0 Å². The summed E-state index contributed by atoms with van der Waals surface area (Å²) in [6.45, 7) is 5.17. The number of carbonyl (C=O) groups is 1. The van der Waals surface area contributed by atoms with Crippen LogP contribution in [0.1, 0.15) is 13.3 Å². The zero-order valence-electron chi connectivity index (χ0n) is 6.29. The number of rotatable bonds is 4. The van der Waals surface area contributed by atoms with Gasteiger partial charge in [-0.3, -0.25) is 0 Å². The molecule has 0 saturated carbocycles. The largest absolute Gasteiger partial charge is 0.487 e. The van der Waals surface area contributed by atoms with Crippen LogP contribution in [-0.4, -0.2) is 19.2 Å². The summed E-state index contributed by atoms with van der Waals surface area (Å²) >= 11 is 0. The molecule has 0 aliphatic rings. The Labute approximate surface area is 60.6 Å². The van der Waals surface area contributed by atoms with Crippen LogP contribution in [0.2, 0.25) is 0 Å². The maximum absolute atomic E-state index is 10.7. The highest BCUT2D eigenvalue weighted by Crippen LogP contribution is 1.99. The van der Waals surface area contributed by atoms with E-state index in [9.17, 15) is 4.79 Å². The fraction of sp³-hybridized carbons (Fsp3) is 0.571. The van der Waals surface area contributed by atoms with E-state index in [0.29, 0.717) is 6.42 Å². The molecule has 3 heteroatoms. The Hall–Kier alpha value is -0.990. The molecule has 0 aromatic rings. The number of hydrogen-bond donors (Lipinski definition) is 0. The molecule has 10 heavy (non-hydrogen) atoms. The lowest BCUT2D eigenvalue weighted by molar-refractivity contribution is -0.150. The van der Waals surface area contributed by atoms with Crippen LogP contribution >= 0.6 is 0 Å². The zero-order chi connectivity index (χ0) is 7.98. The Morgan fingerprint density at radius 1 is 1.80 bits per heavy atom. The highest BCUT2D eigenvalue weighted by Gasteiger charge is 2.15. The third-order valence-corrected chi connectivity index (χ3v) is 1.10. The molecule has 0 aliphatic heterocycles. The lowest BCUT2D eigenvalue weighted by Gasteiger charge is -2.10. The quantitative estimate of drug-likeness (QED) is 0.437. The molecule has 58 valence electrons. The zero-order valence-corrected chi connectivity index (χ0v) is 6.29. The third kappa shape index (κ3) is 2.53. The predicted molar refractivity (Wildman–Crippen MR) is 37.4 cm³/mol. The first-order valence-electron chi connectivity index (χ1n) is 3.10. The van der Waals surface area contributed by atoms with Gasteiger partial charge in [-0.2, -0.15) is 0 Å². The summed E-state index contributed by atoms with van der Waals surface area (Å²) in [7, 11) is 1.33. The summed E-state index contributed by atoms with van der Waals surface area (Å²) in [5, 5.41) is 0. The Bertz CT molecular complexity index is 120. The van der Waals surface area contributed by atoms with Crippen molar-refractivity contribution in [2.45, 2.75) is 19.4 Å². The fourth-order valence-corrected chi connectivity index (χ4v) is 0.566. The van der Waals surface area contributed by atoms with E-state index in [-0.39, 0.29) is 5.97 Å². The third-order valence-electron chi connectivity index (χ3n) is 1.10. The maximum atomic E-state index is 10.7. The SMILES string of the molecule is C=COC(CC)C(=O)OC. The van der Waals surface area contributed by atoms with Gasteiger partial charge in [-0.05, 0) is 6.42 Å². The van der Waals surface area contributed by atoms with E-state index in [0.717, 1.165) is 0 Å². The second-order valence-corrected chi connectivity index (χ2v) is 1.72. The monoisotopic (exact) mass is 144 g/mol. The van der Waals surface area contributed by atoms with E-state index in [1.54, 1.807) is 0 Å². The number of carbonyl (C=O) groups excluding carboxylic acids is 1. The van der Waals surface area contributed by atoms with Crippen molar-refractivity contribution in [3.63, 3.8) is 0 Å². The molecule has 0 aliphatic carbocycles. The molecule has 0 amide bonds. The van der Waals surface area contributed by atoms with Gasteiger partial charge in [0.1, 0.15) is 0 Å². The van der Waals surface area contributed by atoms with Crippen molar-refractivity contribution < 1.29 is 14.3 Å².